The van der Waals surface area contributed by atoms with Crippen LogP contribution in [0, 0.1) is 6.92 Å². The molecular formula is C15H22N6O. The van der Waals surface area contributed by atoms with E-state index in [4.69, 9.17) is 0 Å². The van der Waals surface area contributed by atoms with Gasteiger partial charge in [-0.1, -0.05) is 0 Å². The minimum absolute atomic E-state index is 0.0744. The second-order valence-corrected chi connectivity index (χ2v) is 5.88. The maximum Gasteiger partial charge on any atom is 0.257 e. The van der Waals surface area contributed by atoms with E-state index in [1.165, 1.54) is 5.56 Å². The standard InChI is InChI=1S/C15H22N6O/c1-12-14(10-19(3)17-12)11-20-4-6-21(7-5-20)15(22)13-8-16-18(2)9-13/h8-10H,4-7,11H2,1-3H3. The third-order valence-corrected chi connectivity index (χ3v) is 4.12. The zero-order valence-corrected chi connectivity index (χ0v) is 13.4. The van der Waals surface area contributed by atoms with E-state index in [0.29, 0.717) is 5.56 Å². The van der Waals surface area contributed by atoms with Crippen molar-refractivity contribution in [1.29, 1.82) is 0 Å². The molecule has 0 saturated carbocycles. The van der Waals surface area contributed by atoms with Crippen molar-refractivity contribution >= 4 is 5.91 Å². The van der Waals surface area contributed by atoms with Gasteiger partial charge < -0.3 is 4.90 Å². The van der Waals surface area contributed by atoms with Gasteiger partial charge in [0.1, 0.15) is 0 Å². The molecule has 1 saturated heterocycles. The Hall–Kier alpha value is -2.15. The molecule has 0 radical (unpaired) electrons. The van der Waals surface area contributed by atoms with Crippen LogP contribution in [0.4, 0.5) is 0 Å². The van der Waals surface area contributed by atoms with Gasteiger partial charge in [0.05, 0.1) is 17.5 Å². The molecule has 0 unspecified atom stereocenters. The van der Waals surface area contributed by atoms with Crippen LogP contribution in [0.2, 0.25) is 0 Å². The SMILES string of the molecule is Cc1nn(C)cc1CN1CCN(C(=O)c2cnn(C)c2)CC1. The van der Waals surface area contributed by atoms with Gasteiger partial charge in [-0.3, -0.25) is 19.1 Å². The van der Waals surface area contributed by atoms with Crippen molar-refractivity contribution < 1.29 is 4.79 Å². The van der Waals surface area contributed by atoms with Crippen LogP contribution in [-0.4, -0.2) is 61.4 Å². The van der Waals surface area contributed by atoms with Crippen LogP contribution in [0.25, 0.3) is 0 Å². The molecule has 1 aliphatic rings. The number of rotatable bonds is 3. The Bertz CT molecular complexity index is 665. The molecule has 0 spiro atoms. The molecule has 1 fully saturated rings. The van der Waals surface area contributed by atoms with Crippen molar-refractivity contribution in [1.82, 2.24) is 29.4 Å². The van der Waals surface area contributed by atoms with Crippen molar-refractivity contribution in [3.8, 4) is 0 Å². The van der Waals surface area contributed by atoms with Crippen molar-refractivity contribution in [2.75, 3.05) is 26.2 Å². The van der Waals surface area contributed by atoms with Gasteiger partial charge >= 0.3 is 0 Å². The lowest BCUT2D eigenvalue weighted by atomic mass is 10.2. The Labute approximate surface area is 130 Å². The fourth-order valence-electron chi connectivity index (χ4n) is 2.87. The molecule has 2 aromatic rings. The first kappa shape index (κ1) is 14.8. The van der Waals surface area contributed by atoms with Crippen molar-refractivity contribution in [2.45, 2.75) is 13.5 Å². The third-order valence-electron chi connectivity index (χ3n) is 4.12. The predicted molar refractivity (Wildman–Crippen MR) is 82.3 cm³/mol. The molecule has 0 atom stereocenters. The first-order valence-corrected chi connectivity index (χ1v) is 7.52. The van der Waals surface area contributed by atoms with E-state index in [0.717, 1.165) is 38.4 Å². The van der Waals surface area contributed by atoms with Crippen LogP contribution in [0.3, 0.4) is 0 Å². The second-order valence-electron chi connectivity index (χ2n) is 5.88. The van der Waals surface area contributed by atoms with E-state index in [1.54, 1.807) is 17.1 Å². The quantitative estimate of drug-likeness (QED) is 0.824. The lowest BCUT2D eigenvalue weighted by molar-refractivity contribution is 0.0628. The Morgan fingerprint density at radius 3 is 2.41 bits per heavy atom. The maximum absolute atomic E-state index is 12.4. The molecule has 118 valence electrons. The Morgan fingerprint density at radius 1 is 1.14 bits per heavy atom. The summed E-state index contributed by atoms with van der Waals surface area (Å²) < 4.78 is 3.52. The second kappa shape index (κ2) is 5.92. The number of aromatic nitrogens is 4. The van der Waals surface area contributed by atoms with Crippen LogP contribution >= 0.6 is 0 Å². The molecule has 0 bridgehead atoms. The zero-order chi connectivity index (χ0) is 15.7. The number of carbonyl (C=O) groups excluding carboxylic acids is 1. The molecule has 2 aromatic heterocycles. The highest BCUT2D eigenvalue weighted by Crippen LogP contribution is 2.13. The van der Waals surface area contributed by atoms with Crippen molar-refractivity contribution in [2.24, 2.45) is 14.1 Å². The largest absolute Gasteiger partial charge is 0.336 e. The molecule has 0 N–H and O–H groups in total. The maximum atomic E-state index is 12.4. The summed E-state index contributed by atoms with van der Waals surface area (Å²) in [5.41, 5.74) is 3.00. The smallest absolute Gasteiger partial charge is 0.257 e. The minimum atomic E-state index is 0.0744. The summed E-state index contributed by atoms with van der Waals surface area (Å²) in [6.45, 7) is 6.23. The van der Waals surface area contributed by atoms with Gasteiger partial charge in [-0.2, -0.15) is 10.2 Å². The highest BCUT2D eigenvalue weighted by molar-refractivity contribution is 5.93. The Morgan fingerprint density at radius 2 is 1.86 bits per heavy atom. The molecule has 0 aromatic carbocycles. The van der Waals surface area contributed by atoms with Crippen LogP contribution in [0.1, 0.15) is 21.6 Å². The normalized spacial score (nSPS) is 16.2. The minimum Gasteiger partial charge on any atom is -0.336 e. The van der Waals surface area contributed by atoms with Crippen LogP contribution in [-0.2, 0) is 20.6 Å². The average molecular weight is 302 g/mol. The number of hydrogen-bond donors (Lipinski definition) is 0. The predicted octanol–water partition coefficient (Wildman–Crippen LogP) is 0.420. The third kappa shape index (κ3) is 3.04. The summed E-state index contributed by atoms with van der Waals surface area (Å²) in [6, 6.07) is 0. The zero-order valence-electron chi connectivity index (χ0n) is 13.4. The fraction of sp³-hybridized carbons (Fsp3) is 0.533. The lowest BCUT2D eigenvalue weighted by Crippen LogP contribution is -2.48. The molecule has 7 heteroatoms. The van der Waals surface area contributed by atoms with E-state index in [1.807, 2.05) is 30.6 Å². The highest BCUT2D eigenvalue weighted by atomic mass is 16.2. The topological polar surface area (TPSA) is 59.2 Å². The summed E-state index contributed by atoms with van der Waals surface area (Å²) in [6.07, 6.45) is 5.48. The van der Waals surface area contributed by atoms with Gasteiger partial charge in [0.15, 0.2) is 0 Å². The highest BCUT2D eigenvalue weighted by Gasteiger charge is 2.23. The monoisotopic (exact) mass is 302 g/mol. The molecule has 22 heavy (non-hydrogen) atoms. The summed E-state index contributed by atoms with van der Waals surface area (Å²) in [5, 5.41) is 8.44. The number of hydrogen-bond acceptors (Lipinski definition) is 4. The summed E-state index contributed by atoms with van der Waals surface area (Å²) in [7, 11) is 3.77. The summed E-state index contributed by atoms with van der Waals surface area (Å²) in [5.74, 6) is 0.0744. The number of nitrogens with zero attached hydrogens (tertiary/aromatic N) is 6. The van der Waals surface area contributed by atoms with Gasteiger partial charge in [0.2, 0.25) is 0 Å². The first-order chi connectivity index (χ1) is 10.5. The fourth-order valence-corrected chi connectivity index (χ4v) is 2.87. The van der Waals surface area contributed by atoms with Crippen LogP contribution in [0.15, 0.2) is 18.6 Å². The van der Waals surface area contributed by atoms with Gasteiger partial charge in [-0.15, -0.1) is 0 Å². The molecule has 1 aliphatic heterocycles. The van der Waals surface area contributed by atoms with Crippen molar-refractivity contribution in [3.63, 3.8) is 0 Å². The number of carbonyl (C=O) groups is 1. The van der Waals surface area contributed by atoms with Gasteiger partial charge in [-0.05, 0) is 6.92 Å². The van der Waals surface area contributed by atoms with E-state index >= 15 is 0 Å². The number of piperazine rings is 1. The van der Waals surface area contributed by atoms with E-state index < -0.39 is 0 Å². The van der Waals surface area contributed by atoms with Crippen molar-refractivity contribution in [3.05, 3.63) is 35.4 Å². The van der Waals surface area contributed by atoms with E-state index in [-0.39, 0.29) is 5.91 Å². The summed E-state index contributed by atoms with van der Waals surface area (Å²) >= 11 is 0. The number of amides is 1. The molecule has 7 nitrogen and oxygen atoms in total. The van der Waals surface area contributed by atoms with Crippen LogP contribution < -0.4 is 0 Å². The Kier molecular flexibility index (Phi) is 3.98. The van der Waals surface area contributed by atoms with Gasteiger partial charge in [0, 0.05) is 64.8 Å². The molecule has 3 rings (SSSR count). The average Bonchev–Trinajstić information content (AvgIpc) is 3.05. The molecular weight excluding hydrogens is 280 g/mol. The molecule has 1 amide bonds. The van der Waals surface area contributed by atoms with Gasteiger partial charge in [0.25, 0.3) is 5.91 Å². The Balaban J connectivity index is 1.56. The number of aryl methyl sites for hydroxylation is 3. The lowest BCUT2D eigenvalue weighted by Gasteiger charge is -2.34. The van der Waals surface area contributed by atoms with Gasteiger partial charge in [-0.25, -0.2) is 0 Å². The molecule has 0 aliphatic carbocycles. The van der Waals surface area contributed by atoms with E-state index in [2.05, 4.69) is 21.3 Å². The van der Waals surface area contributed by atoms with E-state index in [9.17, 15) is 4.79 Å². The molecule has 3 heterocycles. The first-order valence-electron chi connectivity index (χ1n) is 7.52. The summed E-state index contributed by atoms with van der Waals surface area (Å²) in [4.78, 5) is 16.7. The van der Waals surface area contributed by atoms with Crippen LogP contribution in [0.5, 0.6) is 0 Å².